The summed E-state index contributed by atoms with van der Waals surface area (Å²) in [6, 6.07) is 13.4. The fourth-order valence-corrected chi connectivity index (χ4v) is 3.31. The van der Waals surface area contributed by atoms with E-state index in [1.54, 1.807) is 12.4 Å². The van der Waals surface area contributed by atoms with Gasteiger partial charge in [-0.25, -0.2) is 8.78 Å². The third-order valence-electron chi connectivity index (χ3n) is 4.66. The van der Waals surface area contributed by atoms with Crippen LogP contribution in [0.1, 0.15) is 11.3 Å². The summed E-state index contributed by atoms with van der Waals surface area (Å²) in [4.78, 5) is 7.47. The van der Waals surface area contributed by atoms with E-state index in [9.17, 15) is 8.78 Å². The molecule has 2 aromatic heterocycles. The lowest BCUT2D eigenvalue weighted by Crippen LogP contribution is -2.20. The highest BCUT2D eigenvalue weighted by molar-refractivity contribution is 5.86. The number of H-pyrrole nitrogens is 1. The summed E-state index contributed by atoms with van der Waals surface area (Å²) < 4.78 is 33.0. The van der Waals surface area contributed by atoms with Gasteiger partial charge in [-0.1, -0.05) is 6.07 Å². The van der Waals surface area contributed by atoms with E-state index in [0.717, 1.165) is 34.0 Å². The van der Waals surface area contributed by atoms with Crippen LogP contribution in [0, 0.1) is 18.6 Å². The summed E-state index contributed by atoms with van der Waals surface area (Å²) in [5.41, 5.74) is 4.02. The minimum Gasteiger partial charge on any atom is -0.492 e. The summed E-state index contributed by atoms with van der Waals surface area (Å²) in [6.07, 6.45) is 3.30. The highest BCUT2D eigenvalue weighted by Crippen LogP contribution is 2.26. The summed E-state index contributed by atoms with van der Waals surface area (Å²) >= 11 is 0. The average molecular weight is 466 g/mol. The van der Waals surface area contributed by atoms with Gasteiger partial charge in [-0.15, -0.1) is 24.8 Å². The highest BCUT2D eigenvalue weighted by atomic mass is 35.5. The number of aromatic amines is 1. The molecule has 164 valence electrons. The van der Waals surface area contributed by atoms with Crippen LogP contribution >= 0.6 is 24.8 Å². The molecule has 31 heavy (non-hydrogen) atoms. The van der Waals surface area contributed by atoms with Crippen molar-refractivity contribution < 1.29 is 13.5 Å². The van der Waals surface area contributed by atoms with Crippen LogP contribution < -0.4 is 10.1 Å². The van der Waals surface area contributed by atoms with Gasteiger partial charge in [0, 0.05) is 59.3 Å². The number of aryl methyl sites for hydroxylation is 1. The molecule has 0 aliphatic carbocycles. The van der Waals surface area contributed by atoms with E-state index >= 15 is 0 Å². The predicted molar refractivity (Wildman–Crippen MR) is 124 cm³/mol. The number of hydrogen-bond acceptors (Lipinski definition) is 3. The van der Waals surface area contributed by atoms with E-state index in [1.165, 1.54) is 12.1 Å². The predicted octanol–water partition coefficient (Wildman–Crippen LogP) is 5.83. The molecule has 4 rings (SSSR count). The molecule has 4 aromatic rings. The summed E-state index contributed by atoms with van der Waals surface area (Å²) in [5, 5.41) is 4.37. The van der Waals surface area contributed by atoms with Gasteiger partial charge in [-0.05, 0) is 48.9 Å². The Morgan fingerprint density at radius 1 is 1.03 bits per heavy atom. The number of nitrogens with one attached hydrogen (secondary N) is 2. The van der Waals surface area contributed by atoms with Gasteiger partial charge in [0.2, 0.25) is 0 Å². The quantitative estimate of drug-likeness (QED) is 0.337. The SMILES string of the molecule is Cc1cc2c(OCCNCc3cncc(-c4ccc(F)cc4F)c3)cccc2[nH]1.Cl.Cl. The standard InChI is InChI=1S/C23H21F2N3O.2ClH/c1-15-9-20-22(28-15)3-2-4-23(20)29-8-7-26-12-16-10-17(14-27-13-16)19-6-5-18(24)11-21(19)25;;/h2-6,9-11,13-14,26,28H,7-8,12H2,1H3;2*1H. The van der Waals surface area contributed by atoms with Crippen molar-refractivity contribution in [2.75, 3.05) is 13.2 Å². The summed E-state index contributed by atoms with van der Waals surface area (Å²) in [7, 11) is 0. The normalized spacial score (nSPS) is 10.4. The maximum atomic E-state index is 14.0. The zero-order valence-electron chi connectivity index (χ0n) is 16.8. The topological polar surface area (TPSA) is 49.9 Å². The Hall–Kier alpha value is -2.67. The van der Waals surface area contributed by atoms with Crippen LogP contribution in [-0.4, -0.2) is 23.1 Å². The highest BCUT2D eigenvalue weighted by Gasteiger charge is 2.08. The van der Waals surface area contributed by atoms with Crippen molar-refractivity contribution in [1.29, 1.82) is 0 Å². The van der Waals surface area contributed by atoms with E-state index in [1.807, 2.05) is 31.2 Å². The second kappa shape index (κ2) is 11.1. The molecule has 0 aliphatic rings. The second-order valence-electron chi connectivity index (χ2n) is 6.90. The van der Waals surface area contributed by atoms with Gasteiger partial charge in [-0.3, -0.25) is 4.98 Å². The maximum absolute atomic E-state index is 14.0. The molecule has 8 heteroatoms. The lowest BCUT2D eigenvalue weighted by molar-refractivity contribution is 0.317. The number of aromatic nitrogens is 2. The lowest BCUT2D eigenvalue weighted by atomic mass is 10.1. The van der Waals surface area contributed by atoms with Gasteiger partial charge >= 0.3 is 0 Å². The number of pyridine rings is 1. The Morgan fingerprint density at radius 2 is 1.87 bits per heavy atom. The molecule has 0 atom stereocenters. The second-order valence-corrected chi connectivity index (χ2v) is 6.90. The van der Waals surface area contributed by atoms with Gasteiger partial charge in [-0.2, -0.15) is 0 Å². The number of fused-ring (bicyclic) bond motifs is 1. The molecular weight excluding hydrogens is 443 g/mol. The summed E-state index contributed by atoms with van der Waals surface area (Å²) in [6.45, 7) is 3.75. The van der Waals surface area contributed by atoms with Gasteiger partial charge < -0.3 is 15.0 Å². The molecule has 0 amide bonds. The van der Waals surface area contributed by atoms with Crippen LogP contribution in [0.2, 0.25) is 0 Å². The number of nitrogens with zero attached hydrogens (tertiary/aromatic N) is 1. The smallest absolute Gasteiger partial charge is 0.133 e. The van der Waals surface area contributed by atoms with E-state index in [0.29, 0.717) is 30.8 Å². The molecule has 0 bridgehead atoms. The Labute approximate surface area is 191 Å². The molecule has 2 heterocycles. The minimum absolute atomic E-state index is 0. The molecule has 0 aliphatic heterocycles. The van der Waals surface area contributed by atoms with Crippen molar-refractivity contribution in [2.45, 2.75) is 13.5 Å². The van der Waals surface area contributed by atoms with Crippen LogP contribution in [0.3, 0.4) is 0 Å². The van der Waals surface area contributed by atoms with Crippen LogP contribution in [0.15, 0.2) is 60.9 Å². The van der Waals surface area contributed by atoms with Crippen molar-refractivity contribution >= 4 is 35.7 Å². The van der Waals surface area contributed by atoms with Crippen LogP contribution in [0.5, 0.6) is 5.75 Å². The molecule has 2 aromatic carbocycles. The van der Waals surface area contributed by atoms with E-state index < -0.39 is 11.6 Å². The molecule has 4 nitrogen and oxygen atoms in total. The van der Waals surface area contributed by atoms with Gasteiger partial charge in [0.15, 0.2) is 0 Å². The molecule has 0 radical (unpaired) electrons. The number of rotatable bonds is 7. The number of hydrogen-bond donors (Lipinski definition) is 2. The first-order valence-corrected chi connectivity index (χ1v) is 9.41. The molecule has 0 saturated carbocycles. The van der Waals surface area contributed by atoms with Gasteiger partial charge in [0.25, 0.3) is 0 Å². The lowest BCUT2D eigenvalue weighted by Gasteiger charge is -2.10. The zero-order chi connectivity index (χ0) is 20.2. The van der Waals surface area contributed by atoms with Crippen LogP contribution in [-0.2, 0) is 6.54 Å². The molecule has 0 unspecified atom stereocenters. The molecule has 0 spiro atoms. The Kier molecular flexibility index (Phi) is 8.80. The summed E-state index contributed by atoms with van der Waals surface area (Å²) in [5.74, 6) is -0.342. The number of ether oxygens (including phenoxy) is 1. The third kappa shape index (κ3) is 5.94. The van der Waals surface area contributed by atoms with Gasteiger partial charge in [0.05, 0.1) is 0 Å². The third-order valence-corrected chi connectivity index (χ3v) is 4.66. The molecule has 0 fully saturated rings. The number of halogens is 4. The van der Waals surface area contributed by atoms with Crippen molar-refractivity contribution in [1.82, 2.24) is 15.3 Å². The van der Waals surface area contributed by atoms with E-state index in [2.05, 4.69) is 21.4 Å². The first-order chi connectivity index (χ1) is 14.1. The first kappa shape index (κ1) is 24.6. The Balaban J connectivity index is 0.00000171. The average Bonchev–Trinajstić information content (AvgIpc) is 3.09. The fraction of sp³-hybridized carbons (Fsp3) is 0.174. The zero-order valence-corrected chi connectivity index (χ0v) is 18.5. The molecule has 2 N–H and O–H groups in total. The first-order valence-electron chi connectivity index (χ1n) is 9.41. The molecular formula is C23H23Cl2F2N3O. The van der Waals surface area contributed by atoms with E-state index in [-0.39, 0.29) is 24.8 Å². The largest absolute Gasteiger partial charge is 0.492 e. The minimum atomic E-state index is -0.598. The van der Waals surface area contributed by atoms with E-state index in [4.69, 9.17) is 4.74 Å². The number of benzene rings is 2. The Bertz CT molecular complexity index is 1150. The van der Waals surface area contributed by atoms with Crippen LogP contribution in [0.25, 0.3) is 22.0 Å². The molecule has 0 saturated heterocycles. The fourth-order valence-electron chi connectivity index (χ4n) is 3.31. The maximum Gasteiger partial charge on any atom is 0.133 e. The van der Waals surface area contributed by atoms with Crippen molar-refractivity contribution in [3.05, 3.63) is 83.8 Å². The van der Waals surface area contributed by atoms with Gasteiger partial charge in [0.1, 0.15) is 24.0 Å². The van der Waals surface area contributed by atoms with Crippen LogP contribution in [0.4, 0.5) is 8.78 Å². The Morgan fingerprint density at radius 3 is 2.68 bits per heavy atom. The van der Waals surface area contributed by atoms with Crippen molar-refractivity contribution in [3.8, 4) is 16.9 Å². The monoisotopic (exact) mass is 465 g/mol. The van der Waals surface area contributed by atoms with Crippen molar-refractivity contribution in [3.63, 3.8) is 0 Å². The van der Waals surface area contributed by atoms with Crippen molar-refractivity contribution in [2.24, 2.45) is 0 Å².